The van der Waals surface area contributed by atoms with Crippen LogP contribution in [0.15, 0.2) is 185 Å². The van der Waals surface area contributed by atoms with Gasteiger partial charge in [0.1, 0.15) is 22.3 Å². The Morgan fingerprint density at radius 1 is 0.327 bits per heavy atom. The van der Waals surface area contributed by atoms with E-state index in [0.29, 0.717) is 0 Å². The van der Waals surface area contributed by atoms with E-state index in [2.05, 4.69) is 169 Å². The average Bonchev–Trinajstić information content (AvgIpc) is 3.74. The van der Waals surface area contributed by atoms with Gasteiger partial charge < -0.3 is 13.7 Å². The van der Waals surface area contributed by atoms with Crippen molar-refractivity contribution in [3.05, 3.63) is 176 Å². The number of fused-ring (bicyclic) bond motifs is 8. The maximum atomic E-state index is 6.49. The first kappa shape index (κ1) is 27.5. The van der Waals surface area contributed by atoms with Gasteiger partial charge in [-0.3, -0.25) is 0 Å². The Bertz CT molecular complexity index is 2830. The summed E-state index contributed by atoms with van der Waals surface area (Å²) in [4.78, 5) is 2.33. The van der Waals surface area contributed by atoms with Gasteiger partial charge in [-0.25, -0.2) is 0 Å². The first-order valence-corrected chi connectivity index (χ1v) is 16.6. The molecule has 0 spiro atoms. The standard InChI is InChI=1S/C46H29NO2/c1-2-10-30(11-3-1)31-20-23-34(24-21-31)47(36-25-27-44-42(29-36)41-26-22-32-12-4-5-15-37(32)45(41)49-44)35-14-8-13-33(28-35)38-17-9-18-40-39-16-6-7-19-43(39)48-46(38)40/h1-29H. The van der Waals surface area contributed by atoms with Crippen molar-refractivity contribution in [1.82, 2.24) is 0 Å². The highest BCUT2D eigenvalue weighted by atomic mass is 16.3. The molecular formula is C46H29NO2. The predicted molar refractivity (Wildman–Crippen MR) is 204 cm³/mol. The molecule has 0 aliphatic rings. The zero-order valence-corrected chi connectivity index (χ0v) is 26.5. The molecule has 0 radical (unpaired) electrons. The molecule has 0 aliphatic heterocycles. The smallest absolute Gasteiger partial charge is 0.143 e. The lowest BCUT2D eigenvalue weighted by Gasteiger charge is -2.26. The summed E-state index contributed by atoms with van der Waals surface area (Å²) < 4.78 is 12.9. The lowest BCUT2D eigenvalue weighted by molar-refractivity contribution is 0.670. The first-order valence-electron chi connectivity index (χ1n) is 16.6. The fourth-order valence-corrected chi connectivity index (χ4v) is 7.30. The quantitative estimate of drug-likeness (QED) is 0.190. The summed E-state index contributed by atoms with van der Waals surface area (Å²) in [5.74, 6) is 0. The highest BCUT2D eigenvalue weighted by Crippen LogP contribution is 2.43. The van der Waals surface area contributed by atoms with Crippen LogP contribution in [0.4, 0.5) is 17.1 Å². The van der Waals surface area contributed by atoms with Gasteiger partial charge in [0, 0.05) is 49.6 Å². The van der Waals surface area contributed by atoms with Crippen molar-refractivity contribution in [2.24, 2.45) is 0 Å². The fourth-order valence-electron chi connectivity index (χ4n) is 7.30. The second kappa shape index (κ2) is 11.0. The minimum atomic E-state index is 0.875. The van der Waals surface area contributed by atoms with Gasteiger partial charge >= 0.3 is 0 Å². The van der Waals surface area contributed by atoms with E-state index in [1.54, 1.807) is 0 Å². The highest BCUT2D eigenvalue weighted by Gasteiger charge is 2.18. The molecule has 3 nitrogen and oxygen atoms in total. The van der Waals surface area contributed by atoms with Gasteiger partial charge in [0.25, 0.3) is 0 Å². The Labute approximate surface area is 282 Å². The van der Waals surface area contributed by atoms with Crippen LogP contribution in [-0.4, -0.2) is 0 Å². The maximum Gasteiger partial charge on any atom is 0.143 e. The van der Waals surface area contributed by atoms with Crippen LogP contribution in [0.5, 0.6) is 0 Å². The SMILES string of the molecule is c1ccc(-c2ccc(N(c3cccc(-c4cccc5c4oc4ccccc45)c3)c3ccc4oc5c6ccccc6ccc5c4c3)cc2)cc1. The second-order valence-electron chi connectivity index (χ2n) is 12.5. The second-order valence-corrected chi connectivity index (χ2v) is 12.5. The molecule has 0 aliphatic carbocycles. The Morgan fingerprint density at radius 3 is 1.86 bits per heavy atom. The van der Waals surface area contributed by atoms with Gasteiger partial charge in [-0.2, -0.15) is 0 Å². The molecule has 0 amide bonds. The number of rotatable bonds is 5. The molecule has 8 aromatic carbocycles. The van der Waals surface area contributed by atoms with Gasteiger partial charge in [-0.15, -0.1) is 0 Å². The summed E-state index contributed by atoms with van der Waals surface area (Å²) in [5.41, 5.74) is 11.3. The predicted octanol–water partition coefficient (Wildman–Crippen LogP) is 13.4. The number of hydrogen-bond acceptors (Lipinski definition) is 3. The summed E-state index contributed by atoms with van der Waals surface area (Å²) in [7, 11) is 0. The van der Waals surface area contributed by atoms with E-state index < -0.39 is 0 Å². The van der Waals surface area contributed by atoms with Crippen LogP contribution in [0.2, 0.25) is 0 Å². The minimum absolute atomic E-state index is 0.875. The minimum Gasteiger partial charge on any atom is -0.455 e. The molecule has 0 saturated heterocycles. The average molecular weight is 628 g/mol. The van der Waals surface area contributed by atoms with Gasteiger partial charge in [-0.05, 0) is 76.7 Å². The molecule has 0 unspecified atom stereocenters. The zero-order valence-electron chi connectivity index (χ0n) is 26.5. The molecular weight excluding hydrogens is 599 g/mol. The van der Waals surface area contributed by atoms with Gasteiger partial charge in [-0.1, -0.05) is 121 Å². The summed E-state index contributed by atoms with van der Waals surface area (Å²) in [6.07, 6.45) is 0. The van der Waals surface area contributed by atoms with Crippen molar-refractivity contribution in [2.75, 3.05) is 4.90 Å². The summed E-state index contributed by atoms with van der Waals surface area (Å²) in [6.45, 7) is 0. The molecule has 10 aromatic rings. The van der Waals surface area contributed by atoms with Gasteiger partial charge in [0.2, 0.25) is 0 Å². The molecule has 0 fully saturated rings. The number of para-hydroxylation sites is 2. The maximum absolute atomic E-state index is 6.49. The van der Waals surface area contributed by atoms with Crippen LogP contribution in [0, 0.1) is 0 Å². The van der Waals surface area contributed by atoms with Crippen molar-refractivity contribution in [3.63, 3.8) is 0 Å². The molecule has 0 atom stereocenters. The van der Waals surface area contributed by atoms with Crippen LogP contribution in [-0.2, 0) is 0 Å². The molecule has 0 saturated carbocycles. The zero-order chi connectivity index (χ0) is 32.3. The van der Waals surface area contributed by atoms with E-state index in [4.69, 9.17) is 8.83 Å². The van der Waals surface area contributed by atoms with E-state index in [1.165, 1.54) is 16.5 Å². The molecule has 3 heteroatoms. The number of nitrogens with zero attached hydrogens (tertiary/aromatic N) is 1. The van der Waals surface area contributed by atoms with E-state index >= 15 is 0 Å². The fraction of sp³-hybridized carbons (Fsp3) is 0. The summed E-state index contributed by atoms with van der Waals surface area (Å²) >= 11 is 0. The normalized spacial score (nSPS) is 11.7. The molecule has 230 valence electrons. The molecule has 2 aromatic heterocycles. The number of benzene rings is 8. The van der Waals surface area contributed by atoms with E-state index in [9.17, 15) is 0 Å². The van der Waals surface area contributed by atoms with Crippen LogP contribution in [0.1, 0.15) is 0 Å². The third-order valence-corrected chi connectivity index (χ3v) is 9.66. The van der Waals surface area contributed by atoms with Crippen LogP contribution in [0.25, 0.3) is 76.9 Å². The van der Waals surface area contributed by atoms with E-state index in [0.717, 1.165) is 77.5 Å². The molecule has 10 rings (SSSR count). The largest absolute Gasteiger partial charge is 0.455 e. The van der Waals surface area contributed by atoms with Gasteiger partial charge in [0.05, 0.1) is 0 Å². The molecule has 0 bridgehead atoms. The van der Waals surface area contributed by atoms with Crippen molar-refractivity contribution in [3.8, 4) is 22.3 Å². The van der Waals surface area contributed by atoms with Crippen molar-refractivity contribution in [2.45, 2.75) is 0 Å². The van der Waals surface area contributed by atoms with E-state index in [-0.39, 0.29) is 0 Å². The van der Waals surface area contributed by atoms with Crippen molar-refractivity contribution in [1.29, 1.82) is 0 Å². The molecule has 2 heterocycles. The van der Waals surface area contributed by atoms with Crippen LogP contribution < -0.4 is 4.90 Å². The third kappa shape index (κ3) is 4.51. The Morgan fingerprint density at radius 2 is 0.959 bits per heavy atom. The highest BCUT2D eigenvalue weighted by molar-refractivity contribution is 6.16. The summed E-state index contributed by atoms with van der Waals surface area (Å²) in [5, 5.41) is 6.75. The topological polar surface area (TPSA) is 29.5 Å². The Kier molecular flexibility index (Phi) is 6.18. The first-order chi connectivity index (χ1) is 24.3. The van der Waals surface area contributed by atoms with Gasteiger partial charge in [0.15, 0.2) is 0 Å². The van der Waals surface area contributed by atoms with Crippen molar-refractivity contribution >= 4 is 71.7 Å². The molecule has 0 N–H and O–H groups in total. The van der Waals surface area contributed by atoms with Crippen LogP contribution in [0.3, 0.4) is 0 Å². The summed E-state index contributed by atoms with van der Waals surface area (Å²) in [6, 6.07) is 62.0. The lowest BCUT2D eigenvalue weighted by Crippen LogP contribution is -2.10. The molecule has 49 heavy (non-hydrogen) atoms. The Hall–Kier alpha value is -6.58. The van der Waals surface area contributed by atoms with Crippen LogP contribution >= 0.6 is 0 Å². The lowest BCUT2D eigenvalue weighted by atomic mass is 10.0. The number of hydrogen-bond donors (Lipinski definition) is 0. The monoisotopic (exact) mass is 627 g/mol. The Balaban J connectivity index is 1.16. The third-order valence-electron chi connectivity index (χ3n) is 9.66. The van der Waals surface area contributed by atoms with Crippen molar-refractivity contribution < 1.29 is 8.83 Å². The number of furan rings is 2. The van der Waals surface area contributed by atoms with E-state index in [1.807, 2.05) is 12.1 Å². The number of anilines is 3.